The van der Waals surface area contributed by atoms with Gasteiger partial charge < -0.3 is 62.5 Å². The van der Waals surface area contributed by atoms with Gasteiger partial charge in [0.1, 0.15) is 13.2 Å². The van der Waals surface area contributed by atoms with Gasteiger partial charge in [0.15, 0.2) is 0 Å². The zero-order chi connectivity index (χ0) is 32.3. The molecular formula is C30H51NO14. The number of hydrogen-bond donors (Lipinski definition) is 2. The Morgan fingerprint density at radius 3 is 1.18 bits per heavy atom. The molecule has 2 N–H and O–H groups in total. The van der Waals surface area contributed by atoms with E-state index in [1.165, 1.54) is 0 Å². The second-order valence-electron chi connectivity index (χ2n) is 8.95. The normalized spacial score (nSPS) is 11.1. The van der Waals surface area contributed by atoms with Crippen LogP contribution in [0.4, 0.5) is 4.79 Å². The van der Waals surface area contributed by atoms with E-state index in [1.54, 1.807) is 0 Å². The van der Waals surface area contributed by atoms with Gasteiger partial charge in [-0.1, -0.05) is 30.3 Å². The van der Waals surface area contributed by atoms with Gasteiger partial charge in [0.25, 0.3) is 0 Å². The predicted octanol–water partition coefficient (Wildman–Crippen LogP) is 1.16. The number of nitrogens with one attached hydrogen (secondary N) is 1. The molecule has 0 saturated heterocycles. The summed E-state index contributed by atoms with van der Waals surface area (Å²) in [7, 11) is 0. The van der Waals surface area contributed by atoms with E-state index in [2.05, 4.69) is 5.32 Å². The molecule has 45 heavy (non-hydrogen) atoms. The second kappa shape index (κ2) is 32.9. The molecule has 1 aromatic carbocycles. The first-order valence-electron chi connectivity index (χ1n) is 15.1. The largest absolute Gasteiger partial charge is 0.480 e. The minimum absolute atomic E-state index is 0.233. The van der Waals surface area contributed by atoms with Crippen LogP contribution in [0.15, 0.2) is 30.3 Å². The summed E-state index contributed by atoms with van der Waals surface area (Å²) in [5, 5.41) is 11.1. The number of carbonyl (C=O) groups is 2. The highest BCUT2D eigenvalue weighted by Crippen LogP contribution is 2.00. The molecule has 0 spiro atoms. The summed E-state index contributed by atoms with van der Waals surface area (Å²) in [6.45, 7) is 8.53. The van der Waals surface area contributed by atoms with E-state index in [9.17, 15) is 9.59 Å². The third-order valence-electron chi connectivity index (χ3n) is 5.30. The Balaban J connectivity index is 1.64. The topological polar surface area (TPSA) is 168 Å². The number of carboxylic acids is 1. The lowest BCUT2D eigenvalue weighted by Crippen LogP contribution is -2.28. The van der Waals surface area contributed by atoms with Crippen LogP contribution in [0, 0.1) is 0 Å². The fourth-order valence-electron chi connectivity index (χ4n) is 3.14. The van der Waals surface area contributed by atoms with Crippen molar-refractivity contribution in [1.29, 1.82) is 0 Å². The van der Waals surface area contributed by atoms with Gasteiger partial charge in [-0.25, -0.2) is 9.59 Å². The summed E-state index contributed by atoms with van der Waals surface area (Å²) in [6, 6.07) is 9.48. The Hall–Kier alpha value is -2.44. The number of hydrogen-bond acceptors (Lipinski definition) is 13. The summed E-state index contributed by atoms with van der Waals surface area (Å²) < 4.78 is 58.6. The molecule has 0 saturated carbocycles. The second-order valence-corrected chi connectivity index (χ2v) is 8.95. The molecule has 15 nitrogen and oxygen atoms in total. The average Bonchev–Trinajstić information content (AvgIpc) is 3.04. The van der Waals surface area contributed by atoms with E-state index in [0.717, 1.165) is 5.56 Å². The van der Waals surface area contributed by atoms with E-state index in [1.807, 2.05) is 30.3 Å². The van der Waals surface area contributed by atoms with Gasteiger partial charge in [0.05, 0.1) is 126 Å². The number of carboxylic acid groups (broad SMARTS) is 1. The lowest BCUT2D eigenvalue weighted by Gasteiger charge is -2.09. The van der Waals surface area contributed by atoms with Crippen LogP contribution in [0.25, 0.3) is 0 Å². The minimum atomic E-state index is -1.000. The lowest BCUT2D eigenvalue weighted by molar-refractivity contribution is -0.142. The highest BCUT2D eigenvalue weighted by molar-refractivity contribution is 5.68. The standard InChI is InChI=1S/C30H51NO14/c32-29(33)27-44-25-24-43-23-22-42-21-20-41-19-18-40-17-16-39-15-14-38-13-12-37-11-10-36-9-8-35-7-6-31-30(34)45-26-28-4-2-1-3-5-28/h1-5H,6-27H2,(H,31,34)(H,32,33). The molecule has 15 heteroatoms. The zero-order valence-electron chi connectivity index (χ0n) is 26.2. The summed E-state index contributed by atoms with van der Waals surface area (Å²) in [5.41, 5.74) is 0.933. The van der Waals surface area contributed by atoms with E-state index in [4.69, 9.17) is 57.2 Å². The van der Waals surface area contributed by atoms with Gasteiger partial charge in [-0.3, -0.25) is 0 Å². The van der Waals surface area contributed by atoms with E-state index < -0.39 is 12.1 Å². The molecule has 260 valence electrons. The molecule has 0 aromatic heterocycles. The van der Waals surface area contributed by atoms with Gasteiger partial charge in [-0.15, -0.1) is 0 Å². The van der Waals surface area contributed by atoms with Gasteiger partial charge >= 0.3 is 12.1 Å². The van der Waals surface area contributed by atoms with Crippen molar-refractivity contribution in [2.45, 2.75) is 6.61 Å². The maximum Gasteiger partial charge on any atom is 0.407 e. The molecule has 0 radical (unpaired) electrons. The highest BCUT2D eigenvalue weighted by Gasteiger charge is 2.02. The molecule has 0 aliphatic carbocycles. The van der Waals surface area contributed by atoms with Crippen molar-refractivity contribution >= 4 is 12.1 Å². The Labute approximate surface area is 265 Å². The number of benzene rings is 1. The zero-order valence-corrected chi connectivity index (χ0v) is 26.2. The smallest absolute Gasteiger partial charge is 0.407 e. The molecule has 0 atom stereocenters. The van der Waals surface area contributed by atoms with Crippen molar-refractivity contribution in [2.24, 2.45) is 0 Å². The van der Waals surface area contributed by atoms with Gasteiger partial charge in [-0.2, -0.15) is 0 Å². The van der Waals surface area contributed by atoms with Crippen LogP contribution in [0.5, 0.6) is 0 Å². The number of alkyl carbamates (subject to hydrolysis) is 1. The maximum atomic E-state index is 11.6. The molecule has 0 fully saturated rings. The van der Waals surface area contributed by atoms with Crippen molar-refractivity contribution < 1.29 is 66.8 Å². The molecule has 0 heterocycles. The molecule has 0 aliphatic heterocycles. The van der Waals surface area contributed by atoms with E-state index >= 15 is 0 Å². The van der Waals surface area contributed by atoms with Crippen molar-refractivity contribution in [1.82, 2.24) is 5.32 Å². The fourth-order valence-corrected chi connectivity index (χ4v) is 3.14. The van der Waals surface area contributed by atoms with Crippen molar-refractivity contribution in [3.63, 3.8) is 0 Å². The van der Waals surface area contributed by atoms with Crippen molar-refractivity contribution in [2.75, 3.05) is 139 Å². The molecule has 0 aliphatic rings. The molecule has 1 aromatic rings. The van der Waals surface area contributed by atoms with Gasteiger partial charge in [0.2, 0.25) is 0 Å². The average molecular weight is 650 g/mol. The number of ether oxygens (including phenoxy) is 11. The fraction of sp³-hybridized carbons (Fsp3) is 0.733. The van der Waals surface area contributed by atoms with Crippen LogP contribution < -0.4 is 5.32 Å². The Morgan fingerprint density at radius 1 is 0.489 bits per heavy atom. The highest BCUT2D eigenvalue weighted by atomic mass is 16.6. The van der Waals surface area contributed by atoms with Crippen molar-refractivity contribution in [3.05, 3.63) is 35.9 Å². The number of rotatable bonds is 34. The SMILES string of the molecule is O=C(O)COCCOCCOCCOCCOCCOCCOCCOCCOCCOCCNC(=O)OCc1ccccc1. The third kappa shape index (κ3) is 31.3. The number of aliphatic carboxylic acids is 1. The van der Waals surface area contributed by atoms with Crippen LogP contribution in [0.2, 0.25) is 0 Å². The van der Waals surface area contributed by atoms with Gasteiger partial charge in [-0.05, 0) is 5.56 Å². The number of carbonyl (C=O) groups excluding carboxylic acids is 1. The minimum Gasteiger partial charge on any atom is -0.480 e. The molecule has 1 rings (SSSR count). The first-order chi connectivity index (χ1) is 22.2. The Bertz CT molecular complexity index is 789. The lowest BCUT2D eigenvalue weighted by atomic mass is 10.2. The Kier molecular flexibility index (Phi) is 29.7. The van der Waals surface area contributed by atoms with Crippen LogP contribution in [-0.4, -0.2) is 156 Å². The van der Waals surface area contributed by atoms with Crippen LogP contribution in [-0.2, 0) is 63.5 Å². The first-order valence-corrected chi connectivity index (χ1v) is 15.1. The quantitative estimate of drug-likeness (QED) is 0.102. The van der Waals surface area contributed by atoms with E-state index in [0.29, 0.717) is 125 Å². The first kappa shape index (κ1) is 40.6. The van der Waals surface area contributed by atoms with Gasteiger partial charge in [0, 0.05) is 6.54 Å². The summed E-state index contributed by atoms with van der Waals surface area (Å²) in [5.74, 6) is -1.000. The number of amides is 1. The summed E-state index contributed by atoms with van der Waals surface area (Å²) in [6.07, 6.45) is -0.475. The van der Waals surface area contributed by atoms with E-state index in [-0.39, 0.29) is 19.8 Å². The molecular weight excluding hydrogens is 598 g/mol. The summed E-state index contributed by atoms with van der Waals surface area (Å²) in [4.78, 5) is 21.9. The van der Waals surface area contributed by atoms with Crippen molar-refractivity contribution in [3.8, 4) is 0 Å². The molecule has 0 unspecified atom stereocenters. The summed E-state index contributed by atoms with van der Waals surface area (Å²) >= 11 is 0. The predicted molar refractivity (Wildman–Crippen MR) is 160 cm³/mol. The maximum absolute atomic E-state index is 11.6. The van der Waals surface area contributed by atoms with Crippen LogP contribution >= 0.6 is 0 Å². The molecule has 0 bridgehead atoms. The molecule has 1 amide bonds. The van der Waals surface area contributed by atoms with Crippen LogP contribution in [0.1, 0.15) is 5.56 Å². The van der Waals surface area contributed by atoms with Crippen LogP contribution in [0.3, 0.4) is 0 Å². The third-order valence-corrected chi connectivity index (χ3v) is 5.30. The monoisotopic (exact) mass is 649 g/mol. The Morgan fingerprint density at radius 2 is 0.822 bits per heavy atom.